The Balaban J connectivity index is 1.72. The first-order chi connectivity index (χ1) is 13.0. The van der Waals surface area contributed by atoms with Crippen LogP contribution in [0, 0.1) is 6.92 Å². The fraction of sp³-hybridized carbons (Fsp3) is 0.333. The van der Waals surface area contributed by atoms with Crippen LogP contribution in [0.3, 0.4) is 0 Å². The molecule has 0 saturated carbocycles. The number of hydrogen-bond acceptors (Lipinski definition) is 8. The Morgan fingerprint density at radius 2 is 2.11 bits per heavy atom. The molecule has 1 atom stereocenters. The molecule has 1 aromatic carbocycles. The van der Waals surface area contributed by atoms with Crippen LogP contribution >= 0.6 is 11.6 Å². The van der Waals surface area contributed by atoms with Crippen LogP contribution in [0.5, 0.6) is 5.75 Å². The van der Waals surface area contributed by atoms with E-state index in [0.717, 1.165) is 16.7 Å². The molecule has 2 aromatic rings. The summed E-state index contributed by atoms with van der Waals surface area (Å²) in [6.45, 7) is 2.03. The van der Waals surface area contributed by atoms with Gasteiger partial charge in [0.2, 0.25) is 0 Å². The molecule has 1 aromatic heterocycles. The van der Waals surface area contributed by atoms with Crippen LogP contribution in [0.1, 0.15) is 41.3 Å². The van der Waals surface area contributed by atoms with Gasteiger partial charge in [-0.3, -0.25) is 25.0 Å². The molecule has 9 heteroatoms. The van der Waals surface area contributed by atoms with Crippen molar-refractivity contribution in [3.8, 4) is 5.75 Å². The maximum Gasteiger partial charge on any atom is 0.311 e. The molecule has 0 unspecified atom stereocenters. The SMILES string of the molecule is Cc1ncc2c(c1OC(=O)CCCON(O)O)CO[C@H]2c1ccc(Cl)cc1. The van der Waals surface area contributed by atoms with Gasteiger partial charge in [-0.1, -0.05) is 23.7 Å². The Morgan fingerprint density at radius 3 is 2.81 bits per heavy atom. The number of nitrogens with zero attached hydrogens (tertiary/aromatic N) is 2. The molecule has 0 spiro atoms. The minimum Gasteiger partial charge on any atom is -0.424 e. The van der Waals surface area contributed by atoms with Gasteiger partial charge in [0.25, 0.3) is 0 Å². The van der Waals surface area contributed by atoms with Crippen LogP contribution in [-0.2, 0) is 21.0 Å². The normalized spacial score (nSPS) is 15.8. The largest absolute Gasteiger partial charge is 0.424 e. The highest BCUT2D eigenvalue weighted by Gasteiger charge is 2.30. The van der Waals surface area contributed by atoms with Gasteiger partial charge in [0.05, 0.1) is 24.3 Å². The Bertz CT molecular complexity index is 812. The molecule has 0 radical (unpaired) electrons. The Hall–Kier alpha value is -2.07. The third-order valence-electron chi connectivity index (χ3n) is 4.15. The van der Waals surface area contributed by atoms with E-state index < -0.39 is 11.4 Å². The summed E-state index contributed by atoms with van der Waals surface area (Å²) in [6, 6.07) is 7.37. The zero-order chi connectivity index (χ0) is 19.4. The van der Waals surface area contributed by atoms with Crippen LogP contribution in [0.25, 0.3) is 0 Å². The minimum absolute atomic E-state index is 0.0337. The average Bonchev–Trinajstić information content (AvgIpc) is 3.06. The molecule has 0 saturated heterocycles. The van der Waals surface area contributed by atoms with E-state index in [0.29, 0.717) is 23.1 Å². The van der Waals surface area contributed by atoms with Crippen molar-refractivity contribution in [3.05, 3.63) is 57.9 Å². The lowest BCUT2D eigenvalue weighted by Crippen LogP contribution is -2.17. The van der Waals surface area contributed by atoms with E-state index in [4.69, 9.17) is 31.5 Å². The Morgan fingerprint density at radius 1 is 1.37 bits per heavy atom. The molecule has 1 aliphatic rings. The van der Waals surface area contributed by atoms with Crippen molar-refractivity contribution in [1.29, 1.82) is 0 Å². The van der Waals surface area contributed by atoms with Crippen LogP contribution in [0.4, 0.5) is 0 Å². The molecule has 27 heavy (non-hydrogen) atoms. The number of hydrogen-bond donors (Lipinski definition) is 2. The first kappa shape index (κ1) is 19.7. The van der Waals surface area contributed by atoms with E-state index >= 15 is 0 Å². The topological polar surface area (TPSA) is 101 Å². The van der Waals surface area contributed by atoms with Crippen molar-refractivity contribution in [3.63, 3.8) is 0 Å². The lowest BCUT2D eigenvalue weighted by molar-refractivity contribution is -0.492. The van der Waals surface area contributed by atoms with E-state index in [1.54, 1.807) is 25.3 Å². The van der Waals surface area contributed by atoms with E-state index in [2.05, 4.69) is 9.82 Å². The number of aromatic nitrogens is 1. The van der Waals surface area contributed by atoms with Gasteiger partial charge >= 0.3 is 5.97 Å². The van der Waals surface area contributed by atoms with Crippen LogP contribution in [0.2, 0.25) is 5.02 Å². The van der Waals surface area contributed by atoms with Gasteiger partial charge in [0.1, 0.15) is 6.10 Å². The maximum atomic E-state index is 12.1. The minimum atomic E-state index is -0.464. The molecule has 2 N–H and O–H groups in total. The summed E-state index contributed by atoms with van der Waals surface area (Å²) in [5.74, 6) is -0.0601. The molecule has 2 heterocycles. The standard InChI is InChI=1S/C18H19ClN2O6/c1-11-17(27-16(22)3-2-8-26-21(23)24)15-10-25-18(14(15)9-20-11)12-4-6-13(19)7-5-12/h4-7,9,18,23-24H,2-3,8,10H2,1H3/t18-/m0/s1. The van der Waals surface area contributed by atoms with Crippen molar-refractivity contribution in [2.75, 3.05) is 6.61 Å². The van der Waals surface area contributed by atoms with Crippen molar-refractivity contribution in [1.82, 2.24) is 10.4 Å². The third-order valence-corrected chi connectivity index (χ3v) is 4.40. The van der Waals surface area contributed by atoms with Crippen molar-refractivity contribution < 1.29 is 29.5 Å². The van der Waals surface area contributed by atoms with Gasteiger partial charge in [0, 0.05) is 28.8 Å². The summed E-state index contributed by atoms with van der Waals surface area (Å²) < 4.78 is 11.4. The predicted octanol–water partition coefficient (Wildman–Crippen LogP) is 3.36. The highest BCUT2D eigenvalue weighted by molar-refractivity contribution is 6.30. The first-order valence-electron chi connectivity index (χ1n) is 8.32. The second-order valence-electron chi connectivity index (χ2n) is 6.01. The third kappa shape index (κ3) is 4.81. The lowest BCUT2D eigenvalue weighted by atomic mass is 10.0. The Labute approximate surface area is 160 Å². The monoisotopic (exact) mass is 394 g/mol. The molecule has 0 fully saturated rings. The fourth-order valence-electron chi connectivity index (χ4n) is 2.86. The number of carbonyl (C=O) groups is 1. The summed E-state index contributed by atoms with van der Waals surface area (Å²) >= 11 is 5.94. The van der Waals surface area contributed by atoms with Crippen LogP contribution in [0.15, 0.2) is 30.5 Å². The highest BCUT2D eigenvalue weighted by atomic mass is 35.5. The zero-order valence-electron chi connectivity index (χ0n) is 14.6. The molecular formula is C18H19ClN2O6. The molecule has 0 bridgehead atoms. The fourth-order valence-corrected chi connectivity index (χ4v) is 2.99. The number of aryl methyl sites for hydroxylation is 1. The van der Waals surface area contributed by atoms with Gasteiger partial charge in [-0.05, 0) is 31.0 Å². The molecule has 0 aliphatic carbocycles. The second-order valence-corrected chi connectivity index (χ2v) is 6.45. The zero-order valence-corrected chi connectivity index (χ0v) is 15.3. The van der Waals surface area contributed by atoms with Gasteiger partial charge in [0.15, 0.2) is 5.75 Å². The lowest BCUT2D eigenvalue weighted by Gasteiger charge is -2.13. The molecule has 0 amide bonds. The summed E-state index contributed by atoms with van der Waals surface area (Å²) in [5, 5.41) is 17.2. The van der Waals surface area contributed by atoms with Gasteiger partial charge in [-0.2, -0.15) is 0 Å². The number of benzene rings is 1. The van der Waals surface area contributed by atoms with E-state index in [-0.39, 0.29) is 25.6 Å². The molecule has 8 nitrogen and oxygen atoms in total. The van der Waals surface area contributed by atoms with E-state index in [9.17, 15) is 4.79 Å². The summed E-state index contributed by atoms with van der Waals surface area (Å²) in [5.41, 5.74) is 3.18. The quantitative estimate of drug-likeness (QED) is 0.419. The average molecular weight is 395 g/mol. The maximum absolute atomic E-state index is 12.1. The number of fused-ring (bicyclic) bond motifs is 1. The van der Waals surface area contributed by atoms with Crippen molar-refractivity contribution in [2.24, 2.45) is 0 Å². The molecule has 144 valence electrons. The van der Waals surface area contributed by atoms with E-state index in [1.807, 2.05) is 12.1 Å². The van der Waals surface area contributed by atoms with Gasteiger partial charge < -0.3 is 9.47 Å². The number of rotatable bonds is 7. The van der Waals surface area contributed by atoms with Gasteiger partial charge in [-0.25, -0.2) is 0 Å². The van der Waals surface area contributed by atoms with Crippen LogP contribution < -0.4 is 4.74 Å². The summed E-state index contributed by atoms with van der Waals surface area (Å²) in [6.07, 6.45) is 1.76. The van der Waals surface area contributed by atoms with Crippen LogP contribution in [-0.4, -0.2) is 33.4 Å². The molecular weight excluding hydrogens is 376 g/mol. The predicted molar refractivity (Wildman–Crippen MR) is 93.3 cm³/mol. The van der Waals surface area contributed by atoms with E-state index in [1.165, 1.54) is 0 Å². The van der Waals surface area contributed by atoms with Gasteiger partial charge in [-0.15, -0.1) is 0 Å². The Kier molecular flexibility index (Phi) is 6.38. The second kappa shape index (κ2) is 8.75. The number of ether oxygens (including phenoxy) is 2. The van der Waals surface area contributed by atoms with Crippen molar-refractivity contribution >= 4 is 17.6 Å². The van der Waals surface area contributed by atoms with Crippen molar-refractivity contribution in [2.45, 2.75) is 32.5 Å². The molecule has 1 aliphatic heterocycles. The number of halogens is 1. The highest BCUT2D eigenvalue weighted by Crippen LogP contribution is 2.41. The summed E-state index contributed by atoms with van der Waals surface area (Å²) in [4.78, 5) is 20.8. The number of esters is 1. The summed E-state index contributed by atoms with van der Waals surface area (Å²) in [7, 11) is 0. The number of carbonyl (C=O) groups excluding carboxylic acids is 1. The first-order valence-corrected chi connectivity index (χ1v) is 8.70. The smallest absolute Gasteiger partial charge is 0.311 e. The molecule has 3 rings (SSSR count). The number of pyridine rings is 1.